The zero-order chi connectivity index (χ0) is 3.58. The molecule has 0 fully saturated rings. The first kappa shape index (κ1) is 15.6. The number of hydrogen-bond acceptors (Lipinski definition) is 3. The second kappa shape index (κ2) is 9.87. The Balaban J connectivity index is -0.0000000450. The van der Waals surface area contributed by atoms with Crippen molar-refractivity contribution in [2.75, 3.05) is 0 Å². The zero-order valence-corrected chi connectivity index (χ0v) is 3.38. The Morgan fingerprint density at radius 2 is 1.00 bits per heavy atom. The summed E-state index contributed by atoms with van der Waals surface area (Å²) in [5.41, 5.74) is 0. The van der Waals surface area contributed by atoms with Gasteiger partial charge in [0, 0.05) is 17.1 Å². The standard InChI is InChI=1S/BH3O3.Ca.Fe.2H/c2-1(3)4;;;;/h2-4H;;;;. The van der Waals surface area contributed by atoms with Gasteiger partial charge in [0.05, 0.1) is 0 Å². The van der Waals surface area contributed by atoms with Crippen molar-refractivity contribution in [2.24, 2.45) is 0 Å². The monoisotopic (exact) mass is 160 g/mol. The summed E-state index contributed by atoms with van der Waals surface area (Å²) >= 11 is 0. The summed E-state index contributed by atoms with van der Waals surface area (Å²) in [7, 11) is -2.17. The molecule has 0 aliphatic heterocycles. The summed E-state index contributed by atoms with van der Waals surface area (Å²) < 4.78 is 0. The molecule has 0 atom stereocenters. The van der Waals surface area contributed by atoms with E-state index in [0.717, 1.165) is 0 Å². The Labute approximate surface area is 76.4 Å². The van der Waals surface area contributed by atoms with Gasteiger partial charge in [0.2, 0.25) is 0 Å². The van der Waals surface area contributed by atoms with Crippen LogP contribution in [0, 0.1) is 0 Å². The molecule has 0 aromatic heterocycles. The molecule has 0 saturated carbocycles. The Bertz CT molecular complexity index is 15.5. The van der Waals surface area contributed by atoms with E-state index < -0.39 is 7.32 Å². The van der Waals surface area contributed by atoms with E-state index in [1.165, 1.54) is 0 Å². The molecule has 0 saturated heterocycles. The maximum atomic E-state index is 7.17. The summed E-state index contributed by atoms with van der Waals surface area (Å²) in [4.78, 5) is 0. The van der Waals surface area contributed by atoms with Crippen molar-refractivity contribution in [3.8, 4) is 0 Å². The summed E-state index contributed by atoms with van der Waals surface area (Å²) in [5.74, 6) is 0. The Morgan fingerprint density at radius 1 is 1.00 bits per heavy atom. The van der Waals surface area contributed by atoms with Gasteiger partial charge < -0.3 is 15.1 Å². The molecule has 0 aromatic carbocycles. The Morgan fingerprint density at radius 3 is 1.00 bits per heavy atom. The van der Waals surface area contributed by atoms with Crippen LogP contribution < -0.4 is 0 Å². The maximum Gasteiger partial charge on any atom is 0 e. The van der Waals surface area contributed by atoms with Gasteiger partial charge in [0.15, 0.2) is 0 Å². The van der Waals surface area contributed by atoms with Gasteiger partial charge in [-0.15, -0.1) is 0 Å². The maximum absolute atomic E-state index is 7.17. The molecule has 6 heavy (non-hydrogen) atoms. The van der Waals surface area contributed by atoms with Crippen molar-refractivity contribution in [1.82, 2.24) is 0 Å². The van der Waals surface area contributed by atoms with Gasteiger partial charge in [-0.1, -0.05) is 0 Å². The first-order valence-electron chi connectivity index (χ1n) is 0.775. The largest absolute Gasteiger partial charge is 0 e. The van der Waals surface area contributed by atoms with Crippen LogP contribution in [-0.4, -0.2) is 60.1 Å². The van der Waals surface area contributed by atoms with E-state index in [-0.39, 0.29) is 54.8 Å². The van der Waals surface area contributed by atoms with Crippen molar-refractivity contribution in [2.45, 2.75) is 0 Å². The van der Waals surface area contributed by atoms with Gasteiger partial charge in [-0.25, -0.2) is 0 Å². The number of rotatable bonds is 0. The average molecular weight is 160 g/mol. The molecule has 0 heterocycles. The van der Waals surface area contributed by atoms with Crippen molar-refractivity contribution in [3.05, 3.63) is 0 Å². The molecule has 0 amide bonds. The quantitative estimate of drug-likeness (QED) is 0.331. The smallest absolute Gasteiger partial charge is 0 e. The molecule has 3 nitrogen and oxygen atoms in total. The van der Waals surface area contributed by atoms with Crippen LogP contribution in [0.1, 0.15) is 0 Å². The predicted molar refractivity (Wildman–Crippen MR) is 21.0 cm³/mol. The third kappa shape index (κ3) is 43.0. The van der Waals surface area contributed by atoms with Crippen LogP contribution in [0.5, 0.6) is 0 Å². The van der Waals surface area contributed by atoms with Crippen LogP contribution in [0.25, 0.3) is 0 Å². The van der Waals surface area contributed by atoms with E-state index in [2.05, 4.69) is 0 Å². The second-order valence-corrected chi connectivity index (χ2v) is 0.346. The first-order valence-corrected chi connectivity index (χ1v) is 0.775. The third-order valence-corrected chi connectivity index (χ3v) is 0. The van der Waals surface area contributed by atoms with E-state index in [9.17, 15) is 0 Å². The fourth-order valence-electron chi connectivity index (χ4n) is 0. The second-order valence-electron chi connectivity index (χ2n) is 0.346. The minimum absolute atomic E-state index is 0. The van der Waals surface area contributed by atoms with Crippen LogP contribution in [0.4, 0.5) is 0 Å². The summed E-state index contributed by atoms with van der Waals surface area (Å²) in [5, 5.41) is 21.5. The van der Waals surface area contributed by atoms with Crippen LogP contribution >= 0.6 is 0 Å². The van der Waals surface area contributed by atoms with Crippen LogP contribution in [-0.2, 0) is 17.1 Å². The minimum atomic E-state index is -2.17. The van der Waals surface area contributed by atoms with Gasteiger partial charge in [-0.3, -0.25) is 0 Å². The zero-order valence-electron chi connectivity index (χ0n) is 2.27. The van der Waals surface area contributed by atoms with Gasteiger partial charge in [-0.05, 0) is 0 Å². The molecular weight excluding hydrogens is 155 g/mol. The molecule has 0 bridgehead atoms. The fourth-order valence-corrected chi connectivity index (χ4v) is 0. The summed E-state index contributed by atoms with van der Waals surface area (Å²) in [6.07, 6.45) is 0. The molecule has 0 aliphatic carbocycles. The van der Waals surface area contributed by atoms with E-state index in [1.807, 2.05) is 0 Å². The van der Waals surface area contributed by atoms with E-state index in [4.69, 9.17) is 15.1 Å². The topological polar surface area (TPSA) is 60.7 Å². The van der Waals surface area contributed by atoms with Gasteiger partial charge >= 0.3 is 45.1 Å². The van der Waals surface area contributed by atoms with E-state index in [1.54, 1.807) is 0 Å². The van der Waals surface area contributed by atoms with Crippen LogP contribution in [0.2, 0.25) is 0 Å². The Hall–Kier alpha value is 1.72. The Kier molecular flexibility index (Phi) is 25.7. The summed E-state index contributed by atoms with van der Waals surface area (Å²) in [6, 6.07) is 0. The predicted octanol–water partition coefficient (Wildman–Crippen LogP) is -2.97. The van der Waals surface area contributed by atoms with Gasteiger partial charge in [0.25, 0.3) is 0 Å². The number of hydrogen-bond donors (Lipinski definition) is 3. The molecule has 3 N–H and O–H groups in total. The van der Waals surface area contributed by atoms with Crippen LogP contribution in [0.15, 0.2) is 0 Å². The van der Waals surface area contributed by atoms with E-state index >= 15 is 0 Å². The van der Waals surface area contributed by atoms with Crippen molar-refractivity contribution >= 4 is 45.1 Å². The summed E-state index contributed by atoms with van der Waals surface area (Å²) in [6.45, 7) is 0. The molecule has 0 spiro atoms. The molecule has 0 aromatic rings. The van der Waals surface area contributed by atoms with Gasteiger partial charge in [-0.2, -0.15) is 0 Å². The van der Waals surface area contributed by atoms with Crippen molar-refractivity contribution in [3.63, 3.8) is 0 Å². The van der Waals surface area contributed by atoms with Crippen molar-refractivity contribution < 1.29 is 32.1 Å². The third-order valence-electron chi connectivity index (χ3n) is 0. The SMILES string of the molecule is OB(O)O.[CaH2].[Fe]. The molecule has 6 heteroatoms. The molecule has 0 rings (SSSR count). The molecule has 0 radical (unpaired) electrons. The fraction of sp³-hybridized carbons (Fsp3) is 0. The van der Waals surface area contributed by atoms with Crippen molar-refractivity contribution in [1.29, 1.82) is 0 Å². The molecule has 0 aliphatic rings. The van der Waals surface area contributed by atoms with E-state index in [0.29, 0.717) is 0 Å². The average Bonchev–Trinajstić information content (AvgIpc) is 0.811. The van der Waals surface area contributed by atoms with Gasteiger partial charge in [0.1, 0.15) is 0 Å². The minimum Gasteiger partial charge on any atom is 0 e. The first-order chi connectivity index (χ1) is 1.73. The van der Waals surface area contributed by atoms with Crippen LogP contribution in [0.3, 0.4) is 0 Å². The molecular formula is H5BCaFeO3. The normalized spacial score (nSPS) is 4.50. The molecule has 36 valence electrons. The molecule has 0 unspecified atom stereocenters.